The Hall–Kier alpha value is -2.19. The third-order valence-corrected chi connectivity index (χ3v) is 5.29. The fourth-order valence-electron chi connectivity index (χ4n) is 1.99. The highest BCUT2D eigenvalue weighted by molar-refractivity contribution is 7.91. The van der Waals surface area contributed by atoms with Crippen LogP contribution in [-0.2, 0) is 14.6 Å². The molecule has 0 saturated heterocycles. The van der Waals surface area contributed by atoms with Gasteiger partial charge in [-0.15, -0.1) is 0 Å². The summed E-state index contributed by atoms with van der Waals surface area (Å²) in [6.45, 7) is 0. The Morgan fingerprint density at radius 2 is 1.92 bits per heavy atom. The maximum Gasteiger partial charge on any atom is 0.225 e. The van der Waals surface area contributed by atoms with Crippen molar-refractivity contribution in [2.75, 3.05) is 18.2 Å². The van der Waals surface area contributed by atoms with E-state index in [0.29, 0.717) is 11.8 Å². The molecule has 0 radical (unpaired) electrons. The molecule has 0 atom stereocenters. The van der Waals surface area contributed by atoms with E-state index in [0.717, 1.165) is 12.1 Å². The highest BCUT2D eigenvalue weighted by Gasteiger charge is 2.18. The second-order valence-electron chi connectivity index (χ2n) is 5.04. The van der Waals surface area contributed by atoms with Gasteiger partial charge in [0.25, 0.3) is 0 Å². The van der Waals surface area contributed by atoms with Gasteiger partial charge in [-0.05, 0) is 30.3 Å². The molecule has 0 saturated carbocycles. The zero-order valence-electron chi connectivity index (χ0n) is 13.1. The molecule has 25 heavy (non-hydrogen) atoms. The molecule has 0 aliphatic heterocycles. The second-order valence-corrected chi connectivity index (χ2v) is 7.55. The summed E-state index contributed by atoms with van der Waals surface area (Å²) in [7, 11) is -2.37. The normalized spacial score (nSPS) is 11.2. The summed E-state index contributed by atoms with van der Waals surface area (Å²) in [5.41, 5.74) is -0.226. The van der Waals surface area contributed by atoms with Crippen molar-refractivity contribution < 1.29 is 26.7 Å². The third-order valence-electron chi connectivity index (χ3n) is 3.29. The lowest BCUT2D eigenvalue weighted by Crippen LogP contribution is -2.18. The molecule has 0 heterocycles. The Labute approximate surface area is 148 Å². The SMILES string of the molecule is COc1ccc(S(=O)(=O)CCC(=O)Nc2ccc(F)cc2F)cc1Cl. The van der Waals surface area contributed by atoms with Gasteiger partial charge < -0.3 is 10.1 Å². The Bertz CT molecular complexity index is 903. The molecule has 0 bridgehead atoms. The van der Waals surface area contributed by atoms with Crippen LogP contribution in [0.1, 0.15) is 6.42 Å². The van der Waals surface area contributed by atoms with E-state index in [1.807, 2.05) is 0 Å². The Kier molecular flexibility index (Phi) is 5.97. The molecule has 134 valence electrons. The number of sulfone groups is 1. The van der Waals surface area contributed by atoms with Crippen LogP contribution in [0, 0.1) is 11.6 Å². The minimum absolute atomic E-state index is 0.0564. The summed E-state index contributed by atoms with van der Waals surface area (Å²) >= 11 is 5.89. The van der Waals surface area contributed by atoms with E-state index in [2.05, 4.69) is 5.32 Å². The van der Waals surface area contributed by atoms with Crippen molar-refractivity contribution in [1.29, 1.82) is 0 Å². The number of ether oxygens (including phenoxy) is 1. The summed E-state index contributed by atoms with van der Waals surface area (Å²) in [6.07, 6.45) is -0.400. The fraction of sp³-hybridized carbons (Fsp3) is 0.188. The maximum atomic E-state index is 13.5. The summed E-state index contributed by atoms with van der Waals surface area (Å²) < 4.78 is 55.7. The fourth-order valence-corrected chi connectivity index (χ4v) is 3.57. The van der Waals surface area contributed by atoms with Gasteiger partial charge in [0.2, 0.25) is 5.91 Å². The van der Waals surface area contributed by atoms with Crippen LogP contribution in [0.15, 0.2) is 41.3 Å². The van der Waals surface area contributed by atoms with Crippen molar-refractivity contribution in [2.24, 2.45) is 0 Å². The average Bonchev–Trinajstić information content (AvgIpc) is 2.55. The van der Waals surface area contributed by atoms with Crippen LogP contribution in [0.4, 0.5) is 14.5 Å². The number of halogens is 3. The number of hydrogen-bond donors (Lipinski definition) is 1. The Balaban J connectivity index is 2.03. The van der Waals surface area contributed by atoms with E-state index in [-0.39, 0.29) is 15.6 Å². The van der Waals surface area contributed by atoms with Gasteiger partial charge in [0.15, 0.2) is 9.84 Å². The minimum atomic E-state index is -3.77. The minimum Gasteiger partial charge on any atom is -0.495 e. The highest BCUT2D eigenvalue weighted by Crippen LogP contribution is 2.27. The quantitative estimate of drug-likeness (QED) is 0.821. The van der Waals surface area contributed by atoms with Gasteiger partial charge in [-0.1, -0.05) is 11.6 Å². The summed E-state index contributed by atoms with van der Waals surface area (Å²) in [5, 5.41) is 2.33. The number of carbonyl (C=O) groups excluding carboxylic acids is 1. The number of hydrogen-bond acceptors (Lipinski definition) is 4. The molecule has 1 N–H and O–H groups in total. The van der Waals surface area contributed by atoms with Crippen molar-refractivity contribution in [3.63, 3.8) is 0 Å². The van der Waals surface area contributed by atoms with Gasteiger partial charge >= 0.3 is 0 Å². The van der Waals surface area contributed by atoms with Gasteiger partial charge in [0.1, 0.15) is 17.4 Å². The second kappa shape index (κ2) is 7.79. The summed E-state index contributed by atoms with van der Waals surface area (Å²) in [5.74, 6) is -2.61. The van der Waals surface area contributed by atoms with Gasteiger partial charge in [0.05, 0.1) is 28.5 Å². The lowest BCUT2D eigenvalue weighted by Gasteiger charge is -2.09. The smallest absolute Gasteiger partial charge is 0.225 e. The predicted molar refractivity (Wildman–Crippen MR) is 89.7 cm³/mol. The Morgan fingerprint density at radius 1 is 1.20 bits per heavy atom. The topological polar surface area (TPSA) is 72.5 Å². The van der Waals surface area contributed by atoms with Crippen LogP contribution in [0.5, 0.6) is 5.75 Å². The monoisotopic (exact) mass is 389 g/mol. The molecule has 0 aliphatic rings. The number of amides is 1. The zero-order chi connectivity index (χ0) is 18.6. The molecular formula is C16H14ClF2NO4S. The van der Waals surface area contributed by atoms with Gasteiger partial charge in [-0.2, -0.15) is 0 Å². The van der Waals surface area contributed by atoms with E-state index in [9.17, 15) is 22.0 Å². The molecule has 9 heteroatoms. The molecular weight excluding hydrogens is 376 g/mol. The van der Waals surface area contributed by atoms with Crippen molar-refractivity contribution in [3.8, 4) is 5.75 Å². The lowest BCUT2D eigenvalue weighted by atomic mass is 10.3. The van der Waals surface area contributed by atoms with Gasteiger partial charge in [0, 0.05) is 12.5 Å². The predicted octanol–water partition coefficient (Wildman–Crippen LogP) is 3.43. The zero-order valence-corrected chi connectivity index (χ0v) is 14.6. The molecule has 0 aliphatic carbocycles. The van der Waals surface area contributed by atoms with Crippen molar-refractivity contribution in [2.45, 2.75) is 11.3 Å². The van der Waals surface area contributed by atoms with Crippen molar-refractivity contribution in [1.82, 2.24) is 0 Å². The van der Waals surface area contributed by atoms with Crippen LogP contribution in [0.25, 0.3) is 0 Å². The number of methoxy groups -OCH3 is 1. The van der Waals surface area contributed by atoms with E-state index >= 15 is 0 Å². The number of benzene rings is 2. The van der Waals surface area contributed by atoms with Crippen LogP contribution in [-0.4, -0.2) is 27.2 Å². The van der Waals surface area contributed by atoms with Gasteiger partial charge in [-0.3, -0.25) is 4.79 Å². The molecule has 5 nitrogen and oxygen atoms in total. The maximum absolute atomic E-state index is 13.5. The van der Waals surface area contributed by atoms with Crippen LogP contribution in [0.3, 0.4) is 0 Å². The average molecular weight is 390 g/mol. The summed E-state index contributed by atoms with van der Waals surface area (Å²) in [6, 6.07) is 6.61. The number of carbonyl (C=O) groups is 1. The van der Waals surface area contributed by atoms with Crippen LogP contribution >= 0.6 is 11.6 Å². The Morgan fingerprint density at radius 3 is 2.52 bits per heavy atom. The lowest BCUT2D eigenvalue weighted by molar-refractivity contribution is -0.115. The van der Waals surface area contributed by atoms with E-state index in [1.54, 1.807) is 0 Å². The number of anilines is 1. The van der Waals surface area contributed by atoms with E-state index in [1.165, 1.54) is 25.3 Å². The largest absolute Gasteiger partial charge is 0.495 e. The molecule has 0 spiro atoms. The molecule has 0 fully saturated rings. The number of rotatable bonds is 6. The summed E-state index contributed by atoms with van der Waals surface area (Å²) in [4.78, 5) is 11.8. The first kappa shape index (κ1) is 19.1. The van der Waals surface area contributed by atoms with Crippen LogP contribution in [0.2, 0.25) is 5.02 Å². The third kappa shape index (κ3) is 4.90. The standard InChI is InChI=1S/C16H14ClF2NO4S/c1-24-15-5-3-11(9-12(15)17)25(22,23)7-6-16(21)20-14-4-2-10(18)8-13(14)19/h2-5,8-9H,6-7H2,1H3,(H,20,21). The van der Waals surface area contributed by atoms with Crippen LogP contribution < -0.4 is 10.1 Å². The first-order valence-corrected chi connectivity index (χ1v) is 9.07. The highest BCUT2D eigenvalue weighted by atomic mass is 35.5. The first-order valence-electron chi connectivity index (χ1n) is 7.04. The molecule has 2 rings (SSSR count). The molecule has 0 unspecified atom stereocenters. The molecule has 2 aromatic carbocycles. The number of nitrogens with one attached hydrogen (secondary N) is 1. The molecule has 2 aromatic rings. The van der Waals surface area contributed by atoms with E-state index in [4.69, 9.17) is 16.3 Å². The van der Waals surface area contributed by atoms with Crippen molar-refractivity contribution >= 4 is 33.0 Å². The molecule has 0 aromatic heterocycles. The van der Waals surface area contributed by atoms with Gasteiger partial charge in [-0.25, -0.2) is 17.2 Å². The molecule has 1 amide bonds. The first-order chi connectivity index (χ1) is 11.7. The van der Waals surface area contributed by atoms with E-state index < -0.39 is 39.6 Å². The van der Waals surface area contributed by atoms with Crippen molar-refractivity contribution in [3.05, 3.63) is 53.1 Å².